The summed E-state index contributed by atoms with van der Waals surface area (Å²) in [6.45, 7) is 7.25. The largest absolute Gasteiger partial charge is 0.267 e. The molecular formula is C12H20ClN3O2S2. The van der Waals surface area contributed by atoms with E-state index in [1.807, 2.05) is 11.8 Å². The molecule has 0 amide bonds. The van der Waals surface area contributed by atoms with E-state index in [2.05, 4.69) is 12.0 Å². The van der Waals surface area contributed by atoms with Crippen molar-refractivity contribution in [3.8, 4) is 0 Å². The van der Waals surface area contributed by atoms with Gasteiger partial charge in [0.2, 0.25) is 10.0 Å². The van der Waals surface area contributed by atoms with Crippen LogP contribution < -0.4 is 0 Å². The molecule has 0 radical (unpaired) electrons. The lowest BCUT2D eigenvalue weighted by molar-refractivity contribution is 0.423. The van der Waals surface area contributed by atoms with Gasteiger partial charge in [-0.1, -0.05) is 6.92 Å². The zero-order chi connectivity index (χ0) is 14.9. The predicted molar refractivity (Wildman–Crippen MR) is 83.1 cm³/mol. The van der Waals surface area contributed by atoms with E-state index >= 15 is 0 Å². The lowest BCUT2D eigenvalue weighted by Gasteiger charge is -2.29. The Kier molecular flexibility index (Phi) is 5.05. The van der Waals surface area contributed by atoms with E-state index in [0.717, 1.165) is 5.75 Å². The minimum Gasteiger partial charge on any atom is -0.267 e. The van der Waals surface area contributed by atoms with Crippen molar-refractivity contribution >= 4 is 33.4 Å². The lowest BCUT2D eigenvalue weighted by Crippen LogP contribution is -2.41. The Hall–Kier alpha value is -0.240. The SMILES string of the molecule is Cc1nn(CCCl)c(C)c1S(=O)(=O)N1CCSC(C)C1. The van der Waals surface area contributed by atoms with Crippen LogP contribution in [0.15, 0.2) is 4.90 Å². The first-order valence-electron chi connectivity index (χ1n) is 6.59. The van der Waals surface area contributed by atoms with Crippen LogP contribution >= 0.6 is 23.4 Å². The number of aromatic nitrogens is 2. The van der Waals surface area contributed by atoms with Gasteiger partial charge in [-0.05, 0) is 13.8 Å². The Morgan fingerprint density at radius 1 is 1.45 bits per heavy atom. The fraction of sp³-hybridized carbons (Fsp3) is 0.750. The first kappa shape index (κ1) is 16.1. The molecule has 5 nitrogen and oxygen atoms in total. The van der Waals surface area contributed by atoms with Gasteiger partial charge < -0.3 is 0 Å². The van der Waals surface area contributed by atoms with Gasteiger partial charge >= 0.3 is 0 Å². The molecule has 0 aromatic carbocycles. The summed E-state index contributed by atoms with van der Waals surface area (Å²) in [7, 11) is -3.46. The third kappa shape index (κ3) is 3.00. The molecule has 1 saturated heterocycles. The number of halogens is 1. The quantitative estimate of drug-likeness (QED) is 0.787. The second-order valence-corrected chi connectivity index (χ2v) is 8.76. The maximum atomic E-state index is 12.8. The van der Waals surface area contributed by atoms with Crippen molar-refractivity contribution in [1.29, 1.82) is 0 Å². The molecule has 0 spiro atoms. The van der Waals surface area contributed by atoms with Crippen LogP contribution in [0.2, 0.25) is 0 Å². The molecule has 0 saturated carbocycles. The van der Waals surface area contributed by atoms with Crippen molar-refractivity contribution in [1.82, 2.24) is 14.1 Å². The molecule has 1 aliphatic rings. The predicted octanol–water partition coefficient (Wildman–Crippen LogP) is 1.86. The zero-order valence-corrected chi connectivity index (χ0v) is 14.4. The molecule has 114 valence electrons. The van der Waals surface area contributed by atoms with Gasteiger partial charge in [0.1, 0.15) is 4.90 Å². The Labute approximate surface area is 129 Å². The van der Waals surface area contributed by atoms with Crippen LogP contribution in [0.25, 0.3) is 0 Å². The molecule has 0 N–H and O–H groups in total. The van der Waals surface area contributed by atoms with Crippen molar-refractivity contribution in [3.05, 3.63) is 11.4 Å². The Bertz CT molecular complexity index is 586. The fourth-order valence-electron chi connectivity index (χ4n) is 2.49. The summed E-state index contributed by atoms with van der Waals surface area (Å²) in [5.74, 6) is 1.26. The summed E-state index contributed by atoms with van der Waals surface area (Å²) in [5, 5.41) is 4.63. The van der Waals surface area contributed by atoms with Crippen molar-refractivity contribution < 1.29 is 8.42 Å². The van der Waals surface area contributed by atoms with E-state index in [9.17, 15) is 8.42 Å². The van der Waals surface area contributed by atoms with E-state index in [4.69, 9.17) is 11.6 Å². The van der Waals surface area contributed by atoms with Gasteiger partial charge in [0.15, 0.2) is 0 Å². The maximum Gasteiger partial charge on any atom is 0.246 e. The van der Waals surface area contributed by atoms with Gasteiger partial charge in [-0.2, -0.15) is 21.2 Å². The molecular weight excluding hydrogens is 318 g/mol. The molecule has 1 aromatic rings. The first-order chi connectivity index (χ1) is 9.37. The van der Waals surface area contributed by atoms with E-state index in [-0.39, 0.29) is 0 Å². The average Bonchev–Trinajstić information content (AvgIpc) is 2.65. The normalized spacial score (nSPS) is 21.3. The Morgan fingerprint density at radius 2 is 2.15 bits per heavy atom. The summed E-state index contributed by atoms with van der Waals surface area (Å²) in [5.41, 5.74) is 1.23. The number of alkyl halides is 1. The highest BCUT2D eigenvalue weighted by Gasteiger charge is 2.33. The molecule has 8 heteroatoms. The smallest absolute Gasteiger partial charge is 0.246 e. The second-order valence-electron chi connectivity index (χ2n) is 4.96. The third-order valence-electron chi connectivity index (χ3n) is 3.41. The second kappa shape index (κ2) is 6.25. The summed E-state index contributed by atoms with van der Waals surface area (Å²) >= 11 is 7.54. The lowest BCUT2D eigenvalue weighted by atomic mass is 10.4. The summed E-state index contributed by atoms with van der Waals surface area (Å²) < 4.78 is 28.9. The molecule has 1 atom stereocenters. The van der Waals surface area contributed by atoms with Gasteiger partial charge in [0.25, 0.3) is 0 Å². The fourth-order valence-corrected chi connectivity index (χ4v) is 5.77. The molecule has 2 rings (SSSR count). The van der Waals surface area contributed by atoms with Crippen LogP contribution in [0.4, 0.5) is 0 Å². The van der Waals surface area contributed by atoms with Crippen molar-refractivity contribution in [2.45, 2.75) is 37.5 Å². The van der Waals surface area contributed by atoms with Crippen LogP contribution in [0.5, 0.6) is 0 Å². The van der Waals surface area contributed by atoms with Gasteiger partial charge in [-0.3, -0.25) is 4.68 Å². The van der Waals surface area contributed by atoms with Crippen LogP contribution in [0.1, 0.15) is 18.3 Å². The molecule has 1 aliphatic heterocycles. The summed E-state index contributed by atoms with van der Waals surface area (Å²) in [4.78, 5) is 0.349. The minimum absolute atomic E-state index is 0.331. The average molecular weight is 338 g/mol. The molecule has 0 aliphatic carbocycles. The Balaban J connectivity index is 2.39. The van der Waals surface area contributed by atoms with Crippen molar-refractivity contribution in [3.63, 3.8) is 0 Å². The van der Waals surface area contributed by atoms with Crippen molar-refractivity contribution in [2.24, 2.45) is 0 Å². The van der Waals surface area contributed by atoms with Gasteiger partial charge in [-0.25, -0.2) is 8.42 Å². The zero-order valence-electron chi connectivity index (χ0n) is 12.0. The molecule has 2 heterocycles. The monoisotopic (exact) mass is 337 g/mol. The van der Waals surface area contributed by atoms with E-state index < -0.39 is 10.0 Å². The number of sulfonamides is 1. The number of nitrogens with zero attached hydrogens (tertiary/aromatic N) is 3. The van der Waals surface area contributed by atoms with E-state index in [1.165, 1.54) is 0 Å². The number of aryl methyl sites for hydroxylation is 2. The van der Waals surface area contributed by atoms with Crippen LogP contribution in [0.3, 0.4) is 0 Å². The van der Waals surface area contributed by atoms with Gasteiger partial charge in [0.05, 0.1) is 17.9 Å². The first-order valence-corrected chi connectivity index (χ1v) is 9.62. The van der Waals surface area contributed by atoms with Gasteiger partial charge in [0, 0.05) is 30.0 Å². The van der Waals surface area contributed by atoms with Crippen molar-refractivity contribution in [2.75, 3.05) is 24.7 Å². The highest BCUT2D eigenvalue weighted by molar-refractivity contribution is 8.00. The standard InChI is InChI=1S/C12H20ClN3O2S2/c1-9-8-15(6-7-19-9)20(17,18)12-10(2)14-16(5-4-13)11(12)3/h9H,4-8H2,1-3H3. The number of thioether (sulfide) groups is 1. The topological polar surface area (TPSA) is 55.2 Å². The highest BCUT2D eigenvalue weighted by atomic mass is 35.5. The number of hydrogen-bond donors (Lipinski definition) is 0. The highest BCUT2D eigenvalue weighted by Crippen LogP contribution is 2.27. The molecule has 0 bridgehead atoms. The molecule has 1 aromatic heterocycles. The van der Waals surface area contributed by atoms with Gasteiger partial charge in [-0.15, -0.1) is 11.6 Å². The summed E-state index contributed by atoms with van der Waals surface area (Å²) in [6, 6.07) is 0. The van der Waals surface area contributed by atoms with E-state index in [1.54, 1.807) is 22.8 Å². The third-order valence-corrected chi connectivity index (χ3v) is 6.84. The molecule has 1 fully saturated rings. The molecule has 20 heavy (non-hydrogen) atoms. The minimum atomic E-state index is -3.46. The maximum absolute atomic E-state index is 12.8. The Morgan fingerprint density at radius 3 is 2.75 bits per heavy atom. The summed E-state index contributed by atoms with van der Waals surface area (Å²) in [6.07, 6.45) is 0. The molecule has 1 unspecified atom stereocenters. The van der Waals surface area contributed by atoms with Crippen LogP contribution in [-0.4, -0.2) is 52.5 Å². The van der Waals surface area contributed by atoms with Crippen LogP contribution in [-0.2, 0) is 16.6 Å². The number of hydrogen-bond acceptors (Lipinski definition) is 4. The number of rotatable bonds is 4. The van der Waals surface area contributed by atoms with E-state index in [0.29, 0.717) is 47.0 Å². The van der Waals surface area contributed by atoms with Crippen LogP contribution in [0, 0.1) is 13.8 Å².